The largest absolute Gasteiger partial charge is 0.351 e. The van der Waals surface area contributed by atoms with E-state index in [0.29, 0.717) is 5.52 Å². The molecule has 4 heteroatoms. The fourth-order valence-corrected chi connectivity index (χ4v) is 1.83. The Kier molecular flexibility index (Phi) is 2.00. The third-order valence-electron chi connectivity index (χ3n) is 2.70. The molecule has 0 spiro atoms. The molecule has 2 aromatic rings. The summed E-state index contributed by atoms with van der Waals surface area (Å²) in [6.07, 6.45) is 0. The molecule has 0 aliphatic heterocycles. The van der Waals surface area contributed by atoms with Gasteiger partial charge < -0.3 is 5.73 Å². The highest BCUT2D eigenvalue weighted by Gasteiger charge is 2.14. The Morgan fingerprint density at radius 1 is 1.40 bits per heavy atom. The fourth-order valence-electron chi connectivity index (χ4n) is 1.83. The molecule has 15 heavy (non-hydrogen) atoms. The van der Waals surface area contributed by atoms with Gasteiger partial charge >= 0.3 is 6.03 Å². The van der Waals surface area contributed by atoms with Crippen LogP contribution in [-0.4, -0.2) is 10.6 Å². The Hall–Kier alpha value is -1.84. The molecule has 1 heterocycles. The Bertz CT molecular complexity index is 557. The highest BCUT2D eigenvalue weighted by atomic mass is 19.1. The fraction of sp³-hybridized carbons (Fsp3) is 0.182. The molecule has 2 N–H and O–H groups in total. The van der Waals surface area contributed by atoms with E-state index in [0.717, 1.165) is 16.6 Å². The molecule has 0 fully saturated rings. The van der Waals surface area contributed by atoms with Gasteiger partial charge in [-0.1, -0.05) is 0 Å². The first-order valence-corrected chi connectivity index (χ1v) is 4.59. The van der Waals surface area contributed by atoms with Crippen LogP contribution in [0.3, 0.4) is 0 Å². The molecule has 0 saturated heterocycles. The Balaban J connectivity index is 2.93. The maximum Gasteiger partial charge on any atom is 0.323 e. The monoisotopic (exact) mass is 206 g/mol. The Morgan fingerprint density at radius 3 is 2.67 bits per heavy atom. The molecule has 78 valence electrons. The van der Waals surface area contributed by atoms with Gasteiger partial charge in [-0.05, 0) is 37.6 Å². The van der Waals surface area contributed by atoms with Crippen molar-refractivity contribution in [2.45, 2.75) is 13.8 Å². The molecule has 0 atom stereocenters. The number of primary amides is 1. The molecule has 2 rings (SSSR count). The number of aryl methyl sites for hydroxylation is 1. The average Bonchev–Trinajstić information content (AvgIpc) is 2.41. The van der Waals surface area contributed by atoms with Crippen LogP contribution in [0.25, 0.3) is 10.9 Å². The van der Waals surface area contributed by atoms with Gasteiger partial charge in [0, 0.05) is 11.1 Å². The molecule has 0 radical (unpaired) electrons. The van der Waals surface area contributed by atoms with Gasteiger partial charge in [0.15, 0.2) is 0 Å². The van der Waals surface area contributed by atoms with Gasteiger partial charge in [0.25, 0.3) is 0 Å². The first kappa shape index (κ1) is 9.71. The van der Waals surface area contributed by atoms with Crippen LogP contribution in [0.5, 0.6) is 0 Å². The molecule has 1 amide bonds. The lowest BCUT2D eigenvalue weighted by Gasteiger charge is -2.01. The van der Waals surface area contributed by atoms with Crippen molar-refractivity contribution in [3.05, 3.63) is 35.3 Å². The number of fused-ring (bicyclic) bond motifs is 1. The van der Waals surface area contributed by atoms with E-state index < -0.39 is 6.03 Å². The van der Waals surface area contributed by atoms with Crippen LogP contribution in [0.2, 0.25) is 0 Å². The zero-order chi connectivity index (χ0) is 11.2. The van der Waals surface area contributed by atoms with Gasteiger partial charge in [-0.15, -0.1) is 0 Å². The summed E-state index contributed by atoms with van der Waals surface area (Å²) in [6.45, 7) is 3.63. The van der Waals surface area contributed by atoms with Crippen molar-refractivity contribution in [1.29, 1.82) is 0 Å². The van der Waals surface area contributed by atoms with Crippen LogP contribution in [0, 0.1) is 19.7 Å². The van der Waals surface area contributed by atoms with E-state index in [1.807, 2.05) is 6.92 Å². The standard InChI is InChI=1S/C11H11FN2O/c1-6-7(2)14(11(13)15)10-4-3-8(12)5-9(6)10/h3-5H,1-2H3,(H2,13,15). The van der Waals surface area contributed by atoms with Gasteiger partial charge in [0.2, 0.25) is 0 Å². The lowest BCUT2D eigenvalue weighted by molar-refractivity contribution is 0.251. The number of rotatable bonds is 0. The van der Waals surface area contributed by atoms with Crippen LogP contribution in [0.4, 0.5) is 9.18 Å². The maximum atomic E-state index is 13.0. The number of nitrogens with two attached hydrogens (primary N) is 1. The minimum absolute atomic E-state index is 0.313. The van der Waals surface area contributed by atoms with Gasteiger partial charge in [-0.2, -0.15) is 0 Å². The summed E-state index contributed by atoms with van der Waals surface area (Å²) in [7, 11) is 0. The van der Waals surface area contributed by atoms with Gasteiger partial charge in [-0.3, -0.25) is 4.57 Å². The summed E-state index contributed by atoms with van der Waals surface area (Å²) in [5.74, 6) is -0.313. The van der Waals surface area contributed by atoms with Crippen molar-refractivity contribution in [3.8, 4) is 0 Å². The first-order valence-electron chi connectivity index (χ1n) is 4.59. The van der Waals surface area contributed by atoms with Crippen molar-refractivity contribution in [2.75, 3.05) is 0 Å². The molecule has 0 saturated carbocycles. The summed E-state index contributed by atoms with van der Waals surface area (Å²) in [5.41, 5.74) is 7.55. The third kappa shape index (κ3) is 1.29. The van der Waals surface area contributed by atoms with E-state index in [4.69, 9.17) is 5.73 Å². The van der Waals surface area contributed by atoms with Crippen LogP contribution >= 0.6 is 0 Å². The van der Waals surface area contributed by atoms with Crippen molar-refractivity contribution < 1.29 is 9.18 Å². The number of amides is 1. The molecular weight excluding hydrogens is 195 g/mol. The van der Waals surface area contributed by atoms with E-state index in [9.17, 15) is 9.18 Å². The smallest absolute Gasteiger partial charge is 0.323 e. The molecular formula is C11H11FN2O. The molecule has 0 aliphatic rings. The second kappa shape index (κ2) is 3.08. The molecule has 0 aliphatic carbocycles. The third-order valence-corrected chi connectivity index (χ3v) is 2.70. The number of nitrogens with zero attached hydrogens (tertiary/aromatic N) is 1. The average molecular weight is 206 g/mol. The minimum Gasteiger partial charge on any atom is -0.351 e. The van der Waals surface area contributed by atoms with E-state index in [-0.39, 0.29) is 5.82 Å². The van der Waals surface area contributed by atoms with Crippen LogP contribution in [-0.2, 0) is 0 Å². The number of benzene rings is 1. The molecule has 3 nitrogen and oxygen atoms in total. The highest BCUT2D eigenvalue weighted by molar-refractivity contribution is 5.94. The number of carbonyl (C=O) groups is 1. The van der Waals surface area contributed by atoms with Crippen molar-refractivity contribution in [1.82, 2.24) is 4.57 Å². The Labute approximate surface area is 86.3 Å². The van der Waals surface area contributed by atoms with Crippen LogP contribution in [0.15, 0.2) is 18.2 Å². The summed E-state index contributed by atoms with van der Waals surface area (Å²) in [5, 5.41) is 0.728. The van der Waals surface area contributed by atoms with Crippen molar-refractivity contribution in [2.24, 2.45) is 5.73 Å². The zero-order valence-electron chi connectivity index (χ0n) is 8.54. The van der Waals surface area contributed by atoms with Crippen LogP contribution < -0.4 is 5.73 Å². The summed E-state index contributed by atoms with van der Waals surface area (Å²) >= 11 is 0. The number of halogens is 1. The van der Waals surface area contributed by atoms with E-state index in [1.165, 1.54) is 16.7 Å². The highest BCUT2D eigenvalue weighted by Crippen LogP contribution is 2.25. The predicted octanol–water partition coefficient (Wildman–Crippen LogP) is 2.32. The predicted molar refractivity (Wildman–Crippen MR) is 56.4 cm³/mol. The first-order chi connectivity index (χ1) is 7.02. The van der Waals surface area contributed by atoms with Gasteiger partial charge in [0.1, 0.15) is 5.82 Å². The van der Waals surface area contributed by atoms with E-state index >= 15 is 0 Å². The molecule has 1 aromatic heterocycles. The van der Waals surface area contributed by atoms with Crippen molar-refractivity contribution >= 4 is 16.9 Å². The van der Waals surface area contributed by atoms with Gasteiger partial charge in [0.05, 0.1) is 5.52 Å². The number of hydrogen-bond donors (Lipinski definition) is 1. The summed E-state index contributed by atoms with van der Waals surface area (Å²) in [6, 6.07) is 3.75. The summed E-state index contributed by atoms with van der Waals surface area (Å²) in [4.78, 5) is 11.2. The van der Waals surface area contributed by atoms with Crippen molar-refractivity contribution in [3.63, 3.8) is 0 Å². The number of aromatic nitrogens is 1. The van der Waals surface area contributed by atoms with Gasteiger partial charge in [-0.25, -0.2) is 9.18 Å². The zero-order valence-corrected chi connectivity index (χ0v) is 8.54. The summed E-state index contributed by atoms with van der Waals surface area (Å²) < 4.78 is 14.4. The molecule has 0 unspecified atom stereocenters. The SMILES string of the molecule is Cc1c(C)n(C(N)=O)c2ccc(F)cc12. The topological polar surface area (TPSA) is 48.0 Å². The van der Waals surface area contributed by atoms with E-state index in [2.05, 4.69) is 0 Å². The normalized spacial score (nSPS) is 10.9. The second-order valence-electron chi connectivity index (χ2n) is 3.55. The number of hydrogen-bond acceptors (Lipinski definition) is 1. The molecule has 0 bridgehead atoms. The second-order valence-corrected chi connectivity index (χ2v) is 3.55. The maximum absolute atomic E-state index is 13.0. The van der Waals surface area contributed by atoms with E-state index in [1.54, 1.807) is 13.0 Å². The minimum atomic E-state index is -0.544. The van der Waals surface area contributed by atoms with Crippen LogP contribution in [0.1, 0.15) is 11.3 Å². The molecule has 1 aromatic carbocycles. The lowest BCUT2D eigenvalue weighted by Crippen LogP contribution is -2.20. The number of carbonyl (C=O) groups excluding carboxylic acids is 1. The lowest BCUT2D eigenvalue weighted by atomic mass is 10.1. The Morgan fingerprint density at radius 2 is 2.07 bits per heavy atom. The quantitative estimate of drug-likeness (QED) is 0.706.